The van der Waals surface area contributed by atoms with Gasteiger partial charge in [-0.3, -0.25) is 4.99 Å². The average molecular weight is 304 g/mol. The quantitative estimate of drug-likeness (QED) is 0.441. The summed E-state index contributed by atoms with van der Waals surface area (Å²) >= 11 is 0. The van der Waals surface area contributed by atoms with Crippen molar-refractivity contribution in [2.24, 2.45) is 10.9 Å². The highest BCUT2D eigenvalue weighted by Gasteiger charge is 2.04. The van der Waals surface area contributed by atoms with Gasteiger partial charge in [0, 0.05) is 26.7 Å². The summed E-state index contributed by atoms with van der Waals surface area (Å²) in [6.45, 7) is 7.24. The lowest BCUT2D eigenvalue weighted by atomic mass is 10.1. The van der Waals surface area contributed by atoms with E-state index in [4.69, 9.17) is 0 Å². The largest absolute Gasteiger partial charge is 0.356 e. The molecule has 0 fully saturated rings. The Balaban J connectivity index is 2.46. The van der Waals surface area contributed by atoms with E-state index in [1.165, 1.54) is 24.0 Å². The molecule has 1 aromatic rings. The Kier molecular flexibility index (Phi) is 8.60. The number of rotatable bonds is 8. The molecule has 1 rings (SSSR count). The molecule has 2 N–H and O–H groups in total. The van der Waals surface area contributed by atoms with Crippen molar-refractivity contribution in [3.63, 3.8) is 0 Å². The van der Waals surface area contributed by atoms with Crippen LogP contribution in [0.2, 0.25) is 0 Å². The number of guanidine groups is 1. The summed E-state index contributed by atoms with van der Waals surface area (Å²) in [6.07, 6.45) is 2.42. The van der Waals surface area contributed by atoms with Crippen LogP contribution < -0.4 is 10.6 Å². The molecule has 0 saturated carbocycles. The van der Waals surface area contributed by atoms with Gasteiger partial charge in [0.15, 0.2) is 5.96 Å². The molecule has 0 aliphatic heterocycles. The number of aliphatic imine (C=N–C) groups is 1. The van der Waals surface area contributed by atoms with Gasteiger partial charge in [-0.25, -0.2) is 0 Å². The van der Waals surface area contributed by atoms with Crippen LogP contribution in [0.15, 0.2) is 29.3 Å². The van der Waals surface area contributed by atoms with Crippen LogP contribution in [-0.4, -0.2) is 38.5 Å². The third-order valence-electron chi connectivity index (χ3n) is 3.53. The van der Waals surface area contributed by atoms with Gasteiger partial charge < -0.3 is 15.5 Å². The third kappa shape index (κ3) is 7.46. The highest BCUT2D eigenvalue weighted by atomic mass is 15.2. The lowest BCUT2D eigenvalue weighted by Gasteiger charge is -2.16. The molecule has 0 unspecified atom stereocenters. The summed E-state index contributed by atoms with van der Waals surface area (Å²) in [6, 6.07) is 8.56. The van der Waals surface area contributed by atoms with Gasteiger partial charge in [0.2, 0.25) is 0 Å². The van der Waals surface area contributed by atoms with Crippen molar-refractivity contribution in [2.45, 2.75) is 39.8 Å². The first-order valence-electron chi connectivity index (χ1n) is 8.19. The molecule has 0 amide bonds. The first kappa shape index (κ1) is 18.5. The molecule has 22 heavy (non-hydrogen) atoms. The molecule has 0 aliphatic rings. The maximum atomic E-state index is 4.29. The van der Waals surface area contributed by atoms with E-state index < -0.39 is 0 Å². The van der Waals surface area contributed by atoms with Crippen molar-refractivity contribution in [3.05, 3.63) is 35.4 Å². The minimum atomic E-state index is 0.759. The zero-order valence-electron chi connectivity index (χ0n) is 14.8. The second kappa shape index (κ2) is 10.2. The van der Waals surface area contributed by atoms with E-state index in [9.17, 15) is 0 Å². The van der Waals surface area contributed by atoms with Crippen LogP contribution in [0, 0.1) is 5.92 Å². The summed E-state index contributed by atoms with van der Waals surface area (Å²) in [4.78, 5) is 6.49. The molecule has 1 aromatic carbocycles. The molecule has 0 atom stereocenters. The van der Waals surface area contributed by atoms with E-state index in [0.717, 1.165) is 31.5 Å². The Morgan fingerprint density at radius 3 is 2.41 bits per heavy atom. The van der Waals surface area contributed by atoms with E-state index in [2.05, 4.69) is 72.7 Å². The smallest absolute Gasteiger partial charge is 0.191 e. The van der Waals surface area contributed by atoms with Gasteiger partial charge in [0.1, 0.15) is 0 Å². The Labute approximate surface area is 136 Å². The molecule has 0 saturated heterocycles. The minimum absolute atomic E-state index is 0.759. The van der Waals surface area contributed by atoms with Gasteiger partial charge in [-0.05, 0) is 44.0 Å². The number of hydrogen-bond acceptors (Lipinski definition) is 2. The van der Waals surface area contributed by atoms with Crippen LogP contribution in [0.25, 0.3) is 0 Å². The molecule has 124 valence electrons. The summed E-state index contributed by atoms with van der Waals surface area (Å²) in [5, 5.41) is 6.79. The highest BCUT2D eigenvalue weighted by molar-refractivity contribution is 5.79. The predicted molar refractivity (Wildman–Crippen MR) is 96.1 cm³/mol. The lowest BCUT2D eigenvalue weighted by Crippen LogP contribution is -2.37. The molecule has 0 heterocycles. The van der Waals surface area contributed by atoms with Crippen LogP contribution >= 0.6 is 0 Å². The summed E-state index contributed by atoms with van der Waals surface area (Å²) in [5.74, 6) is 1.64. The van der Waals surface area contributed by atoms with Gasteiger partial charge in [-0.2, -0.15) is 0 Å². The van der Waals surface area contributed by atoms with Crippen molar-refractivity contribution >= 4 is 5.96 Å². The standard InChI is InChI=1S/C18H32N4/c1-15(2)9-8-12-20-18(19-3)21-13-16-10-6-7-11-17(16)14-22(4)5/h6-7,10-11,15H,8-9,12-14H2,1-5H3,(H2,19,20,21). The van der Waals surface area contributed by atoms with E-state index in [-0.39, 0.29) is 0 Å². The van der Waals surface area contributed by atoms with Crippen molar-refractivity contribution in [2.75, 3.05) is 27.7 Å². The van der Waals surface area contributed by atoms with Gasteiger partial charge in [0.25, 0.3) is 0 Å². The van der Waals surface area contributed by atoms with Gasteiger partial charge in [0.05, 0.1) is 0 Å². The molecular formula is C18H32N4. The first-order chi connectivity index (χ1) is 10.5. The zero-order valence-corrected chi connectivity index (χ0v) is 14.8. The average Bonchev–Trinajstić information content (AvgIpc) is 2.47. The molecule has 0 spiro atoms. The summed E-state index contributed by atoms with van der Waals surface area (Å²) < 4.78 is 0. The normalized spacial score (nSPS) is 12.0. The minimum Gasteiger partial charge on any atom is -0.356 e. The van der Waals surface area contributed by atoms with Crippen molar-refractivity contribution in [1.29, 1.82) is 0 Å². The van der Waals surface area contributed by atoms with Crippen LogP contribution in [0.4, 0.5) is 0 Å². The van der Waals surface area contributed by atoms with Crippen LogP contribution in [0.1, 0.15) is 37.8 Å². The molecule has 0 radical (unpaired) electrons. The number of hydrogen-bond donors (Lipinski definition) is 2. The summed E-state index contributed by atoms with van der Waals surface area (Å²) in [7, 11) is 6.02. The maximum Gasteiger partial charge on any atom is 0.191 e. The number of nitrogens with zero attached hydrogens (tertiary/aromatic N) is 2. The fraction of sp³-hybridized carbons (Fsp3) is 0.611. The molecule has 0 bridgehead atoms. The molecule has 4 heteroatoms. The predicted octanol–water partition coefficient (Wildman–Crippen LogP) is 2.85. The van der Waals surface area contributed by atoms with Crippen molar-refractivity contribution < 1.29 is 0 Å². The van der Waals surface area contributed by atoms with E-state index in [1.54, 1.807) is 0 Å². The third-order valence-corrected chi connectivity index (χ3v) is 3.53. The van der Waals surface area contributed by atoms with Crippen LogP contribution in [0.5, 0.6) is 0 Å². The Bertz CT molecular complexity index is 452. The van der Waals surface area contributed by atoms with Gasteiger partial charge in [-0.1, -0.05) is 38.1 Å². The first-order valence-corrected chi connectivity index (χ1v) is 8.19. The van der Waals surface area contributed by atoms with E-state index >= 15 is 0 Å². The molecular weight excluding hydrogens is 272 g/mol. The van der Waals surface area contributed by atoms with Gasteiger partial charge in [-0.15, -0.1) is 0 Å². The monoisotopic (exact) mass is 304 g/mol. The SMILES string of the molecule is CN=C(NCCCC(C)C)NCc1ccccc1CN(C)C. The van der Waals surface area contributed by atoms with Crippen LogP contribution in [0.3, 0.4) is 0 Å². The van der Waals surface area contributed by atoms with Crippen molar-refractivity contribution in [1.82, 2.24) is 15.5 Å². The molecule has 0 aromatic heterocycles. The van der Waals surface area contributed by atoms with Crippen molar-refractivity contribution in [3.8, 4) is 0 Å². The number of nitrogens with one attached hydrogen (secondary N) is 2. The second-order valence-electron chi connectivity index (χ2n) is 6.40. The topological polar surface area (TPSA) is 39.7 Å². The lowest BCUT2D eigenvalue weighted by molar-refractivity contribution is 0.400. The highest BCUT2D eigenvalue weighted by Crippen LogP contribution is 2.10. The fourth-order valence-electron chi connectivity index (χ4n) is 2.34. The van der Waals surface area contributed by atoms with Crippen LogP contribution in [-0.2, 0) is 13.1 Å². The Hall–Kier alpha value is -1.55. The maximum absolute atomic E-state index is 4.29. The summed E-state index contributed by atoms with van der Waals surface area (Å²) in [5.41, 5.74) is 2.68. The zero-order chi connectivity index (χ0) is 16.4. The number of benzene rings is 1. The molecule has 0 aliphatic carbocycles. The van der Waals surface area contributed by atoms with E-state index in [0.29, 0.717) is 0 Å². The van der Waals surface area contributed by atoms with Gasteiger partial charge >= 0.3 is 0 Å². The fourth-order valence-corrected chi connectivity index (χ4v) is 2.34. The Morgan fingerprint density at radius 2 is 1.82 bits per heavy atom. The second-order valence-corrected chi connectivity index (χ2v) is 6.40. The Morgan fingerprint density at radius 1 is 1.14 bits per heavy atom. The van der Waals surface area contributed by atoms with E-state index in [1.807, 2.05) is 7.05 Å². The molecule has 4 nitrogen and oxygen atoms in total.